The highest BCUT2D eigenvalue weighted by atomic mass is 35.5. The Morgan fingerprint density at radius 2 is 1.46 bits per heavy atom. The molecule has 4 aromatic rings. The number of anilines is 3. The van der Waals surface area contributed by atoms with Crippen LogP contribution in [-0.2, 0) is 24.8 Å². The topological polar surface area (TPSA) is 113 Å². The van der Waals surface area contributed by atoms with Crippen LogP contribution < -0.4 is 14.3 Å². The Morgan fingerprint density at radius 3 is 2.11 bits per heavy atom. The molecule has 0 fully saturated rings. The number of sulfonamides is 2. The number of hydrogen-bond donors (Lipinski definition) is 2. The summed E-state index contributed by atoms with van der Waals surface area (Å²) >= 11 is 5.90. The number of amides is 1. The molecule has 4 aromatic carbocycles. The molecule has 8 nitrogen and oxygen atoms in total. The monoisotopic (exact) mass is 557 g/mol. The number of nitrogens with one attached hydrogen (secondary N) is 2. The molecular formula is C26H24ClN3O5S2. The number of benzene rings is 4. The Hall–Kier alpha value is -3.60. The Morgan fingerprint density at radius 1 is 0.838 bits per heavy atom. The molecule has 2 N–H and O–H groups in total. The molecule has 0 aliphatic rings. The van der Waals surface area contributed by atoms with E-state index in [0.717, 1.165) is 21.3 Å². The van der Waals surface area contributed by atoms with Crippen LogP contribution in [0.2, 0.25) is 5.02 Å². The maximum absolute atomic E-state index is 13.0. The third-order valence-electron chi connectivity index (χ3n) is 5.64. The predicted molar refractivity (Wildman–Crippen MR) is 148 cm³/mol. The summed E-state index contributed by atoms with van der Waals surface area (Å²) in [5.41, 5.74) is 1.05. The first kappa shape index (κ1) is 26.5. The summed E-state index contributed by atoms with van der Waals surface area (Å²) in [6, 6.07) is 23.4. The van der Waals surface area contributed by atoms with Gasteiger partial charge in [-0.25, -0.2) is 16.8 Å². The van der Waals surface area contributed by atoms with E-state index in [9.17, 15) is 21.6 Å². The first-order chi connectivity index (χ1) is 17.5. The molecule has 0 aliphatic carbocycles. The highest BCUT2D eigenvalue weighted by Gasteiger charge is 2.29. The van der Waals surface area contributed by atoms with Crippen molar-refractivity contribution in [3.63, 3.8) is 0 Å². The van der Waals surface area contributed by atoms with E-state index in [2.05, 4.69) is 10.0 Å². The van der Waals surface area contributed by atoms with Crippen molar-refractivity contribution in [1.82, 2.24) is 0 Å². The van der Waals surface area contributed by atoms with E-state index in [4.69, 9.17) is 11.6 Å². The van der Waals surface area contributed by atoms with E-state index in [1.807, 2.05) is 30.3 Å². The lowest BCUT2D eigenvalue weighted by atomic mass is 10.1. The highest BCUT2D eigenvalue weighted by Crippen LogP contribution is 2.27. The average Bonchev–Trinajstić information content (AvgIpc) is 2.85. The summed E-state index contributed by atoms with van der Waals surface area (Å²) in [4.78, 5) is 12.9. The Bertz CT molecular complexity index is 1650. The minimum absolute atomic E-state index is 0.00501. The maximum Gasteiger partial charge on any atom is 0.261 e. The molecule has 0 radical (unpaired) electrons. The molecule has 0 bridgehead atoms. The summed E-state index contributed by atoms with van der Waals surface area (Å²) < 4.78 is 54.5. The molecule has 37 heavy (non-hydrogen) atoms. The average molecular weight is 558 g/mol. The van der Waals surface area contributed by atoms with Gasteiger partial charge >= 0.3 is 0 Å². The zero-order valence-corrected chi connectivity index (χ0v) is 22.3. The second kappa shape index (κ2) is 10.4. The van der Waals surface area contributed by atoms with Crippen molar-refractivity contribution < 1.29 is 21.6 Å². The first-order valence-electron chi connectivity index (χ1n) is 11.1. The molecule has 0 spiro atoms. The fourth-order valence-corrected chi connectivity index (χ4v) is 6.26. The normalized spacial score (nSPS) is 12.6. The summed E-state index contributed by atoms with van der Waals surface area (Å²) in [5, 5.41) is 4.74. The molecule has 11 heteroatoms. The van der Waals surface area contributed by atoms with Gasteiger partial charge < -0.3 is 5.32 Å². The summed E-state index contributed by atoms with van der Waals surface area (Å²) in [6.07, 6.45) is 1.01. The van der Waals surface area contributed by atoms with Crippen LogP contribution in [0.15, 0.2) is 95.9 Å². The van der Waals surface area contributed by atoms with Crippen molar-refractivity contribution in [3.8, 4) is 0 Å². The SMILES string of the molecule is C[C@H](C(=O)Nc1ccc(S(=O)(=O)Nc2cccc3ccccc23)cc1)N(c1ccc(Cl)cc1)S(C)(=O)=O. The van der Waals surface area contributed by atoms with Crippen molar-refractivity contribution in [1.29, 1.82) is 0 Å². The fourth-order valence-electron chi connectivity index (χ4n) is 3.88. The maximum atomic E-state index is 13.0. The molecule has 1 atom stereocenters. The Kier molecular flexibility index (Phi) is 7.44. The van der Waals surface area contributed by atoms with Crippen LogP contribution in [0.3, 0.4) is 0 Å². The third-order valence-corrected chi connectivity index (χ3v) is 8.51. The largest absolute Gasteiger partial charge is 0.324 e. The van der Waals surface area contributed by atoms with Gasteiger partial charge in [0, 0.05) is 16.1 Å². The van der Waals surface area contributed by atoms with Crippen molar-refractivity contribution >= 4 is 65.4 Å². The second-order valence-electron chi connectivity index (χ2n) is 8.36. The Balaban J connectivity index is 1.51. The lowest BCUT2D eigenvalue weighted by Gasteiger charge is -2.28. The highest BCUT2D eigenvalue weighted by molar-refractivity contribution is 7.92. The van der Waals surface area contributed by atoms with Crippen LogP contribution in [0.5, 0.6) is 0 Å². The van der Waals surface area contributed by atoms with E-state index in [0.29, 0.717) is 16.4 Å². The molecule has 0 aromatic heterocycles. The number of carbonyl (C=O) groups is 1. The van der Waals surface area contributed by atoms with Crippen LogP contribution in [0.4, 0.5) is 17.1 Å². The van der Waals surface area contributed by atoms with Crippen molar-refractivity contribution in [2.75, 3.05) is 20.6 Å². The molecule has 1 amide bonds. The van der Waals surface area contributed by atoms with Gasteiger partial charge in [0.05, 0.1) is 22.5 Å². The van der Waals surface area contributed by atoms with E-state index >= 15 is 0 Å². The third kappa shape index (κ3) is 6.04. The predicted octanol–water partition coefficient (Wildman–Crippen LogP) is 5.09. The van der Waals surface area contributed by atoms with Gasteiger partial charge in [0.2, 0.25) is 15.9 Å². The number of carbonyl (C=O) groups excluding carboxylic acids is 1. The van der Waals surface area contributed by atoms with E-state index in [1.54, 1.807) is 12.1 Å². The quantitative estimate of drug-likeness (QED) is 0.313. The molecule has 0 unspecified atom stereocenters. The van der Waals surface area contributed by atoms with Gasteiger partial charge in [0.1, 0.15) is 6.04 Å². The number of hydrogen-bond acceptors (Lipinski definition) is 5. The molecule has 192 valence electrons. The van der Waals surface area contributed by atoms with E-state index in [1.165, 1.54) is 55.5 Å². The lowest BCUT2D eigenvalue weighted by Crippen LogP contribution is -2.45. The summed E-state index contributed by atoms with van der Waals surface area (Å²) in [6.45, 7) is 1.46. The van der Waals surface area contributed by atoms with Crippen LogP contribution in [-0.4, -0.2) is 35.0 Å². The number of nitrogens with zero attached hydrogens (tertiary/aromatic N) is 1. The van der Waals surface area contributed by atoms with Crippen LogP contribution in [0.25, 0.3) is 10.8 Å². The van der Waals surface area contributed by atoms with Crippen molar-refractivity contribution in [2.24, 2.45) is 0 Å². The smallest absolute Gasteiger partial charge is 0.261 e. The first-order valence-corrected chi connectivity index (χ1v) is 14.8. The number of fused-ring (bicyclic) bond motifs is 1. The molecule has 0 heterocycles. The lowest BCUT2D eigenvalue weighted by molar-refractivity contribution is -0.116. The van der Waals surface area contributed by atoms with Gasteiger partial charge in [-0.1, -0.05) is 48.0 Å². The van der Waals surface area contributed by atoms with Crippen LogP contribution in [0.1, 0.15) is 6.92 Å². The minimum atomic E-state index is -3.90. The zero-order valence-electron chi connectivity index (χ0n) is 19.9. The molecule has 0 aliphatic heterocycles. The van der Waals surface area contributed by atoms with E-state index in [-0.39, 0.29) is 10.6 Å². The molecule has 4 rings (SSSR count). The van der Waals surface area contributed by atoms with Gasteiger partial charge in [-0.3, -0.25) is 13.8 Å². The van der Waals surface area contributed by atoms with Crippen molar-refractivity contribution in [2.45, 2.75) is 17.9 Å². The molecular weight excluding hydrogens is 534 g/mol. The van der Waals surface area contributed by atoms with E-state index < -0.39 is 32.0 Å². The van der Waals surface area contributed by atoms with Crippen LogP contribution in [0, 0.1) is 0 Å². The Labute approximate surface area is 221 Å². The van der Waals surface area contributed by atoms with Gasteiger partial charge in [0.25, 0.3) is 10.0 Å². The molecule has 0 saturated heterocycles. The van der Waals surface area contributed by atoms with Gasteiger partial charge in [-0.05, 0) is 66.9 Å². The molecule has 0 saturated carbocycles. The van der Waals surface area contributed by atoms with Gasteiger partial charge in [0.15, 0.2) is 0 Å². The number of halogens is 1. The fraction of sp³-hybridized carbons (Fsp3) is 0.115. The number of rotatable bonds is 8. The second-order valence-corrected chi connectivity index (χ2v) is 12.3. The van der Waals surface area contributed by atoms with Gasteiger partial charge in [-0.2, -0.15) is 0 Å². The van der Waals surface area contributed by atoms with Crippen LogP contribution >= 0.6 is 11.6 Å². The summed E-state index contributed by atoms with van der Waals surface area (Å²) in [5.74, 6) is -0.593. The summed E-state index contributed by atoms with van der Waals surface area (Å²) in [7, 11) is -7.70. The minimum Gasteiger partial charge on any atom is -0.324 e. The zero-order chi connectivity index (χ0) is 26.8. The van der Waals surface area contributed by atoms with Crippen molar-refractivity contribution in [3.05, 3.63) is 96.0 Å². The van der Waals surface area contributed by atoms with Gasteiger partial charge in [-0.15, -0.1) is 0 Å². The standard InChI is InChI=1S/C26H24ClN3O5S2/c1-18(30(36(2,32)33)22-14-10-20(27)11-15-22)26(31)28-21-12-16-23(17-13-21)37(34,35)29-25-9-5-7-19-6-3-4-8-24(19)25/h3-18,29H,1-2H3,(H,28,31)/t18-/m1/s1.